The van der Waals surface area contributed by atoms with E-state index in [2.05, 4.69) is 24.3 Å². The Hall–Kier alpha value is -2.62. The Morgan fingerprint density at radius 2 is 1.55 bits per heavy atom. The number of rotatable bonds is 6. The van der Waals surface area contributed by atoms with Gasteiger partial charge in [0.15, 0.2) is 5.78 Å². The van der Waals surface area contributed by atoms with Crippen LogP contribution in [0, 0.1) is 0 Å². The highest BCUT2D eigenvalue weighted by molar-refractivity contribution is 5.95. The molecular weight excluding hydrogens is 386 g/mol. The Balaban J connectivity index is 1.68. The minimum absolute atomic E-state index is 0.173. The Bertz CT molecular complexity index is 860. The lowest BCUT2D eigenvalue weighted by Crippen LogP contribution is -2.44. The van der Waals surface area contributed by atoms with Crippen LogP contribution >= 0.6 is 0 Å². The first kappa shape index (κ1) is 23.1. The summed E-state index contributed by atoms with van der Waals surface area (Å²) in [5, 5.41) is 0. The van der Waals surface area contributed by atoms with Crippen LogP contribution in [0.4, 0.5) is 4.79 Å². The van der Waals surface area contributed by atoms with Crippen LogP contribution in [0.1, 0.15) is 87.2 Å². The van der Waals surface area contributed by atoms with Crippen LogP contribution in [-0.4, -0.2) is 28.4 Å². The first-order chi connectivity index (χ1) is 14.8. The van der Waals surface area contributed by atoms with Crippen LogP contribution in [0.2, 0.25) is 0 Å². The van der Waals surface area contributed by atoms with Crippen LogP contribution in [0.25, 0.3) is 0 Å². The van der Waals surface area contributed by atoms with Crippen molar-refractivity contribution in [2.75, 3.05) is 0 Å². The van der Waals surface area contributed by atoms with Gasteiger partial charge >= 0.3 is 6.09 Å². The number of nitrogens with zero attached hydrogens (tertiary/aromatic N) is 1. The fraction of sp³-hybridized carbons (Fsp3) is 0.481. The molecule has 31 heavy (non-hydrogen) atoms. The fourth-order valence-electron chi connectivity index (χ4n) is 4.31. The molecule has 0 unspecified atom stereocenters. The van der Waals surface area contributed by atoms with Gasteiger partial charge < -0.3 is 9.64 Å². The molecule has 0 radical (unpaired) electrons. The summed E-state index contributed by atoms with van der Waals surface area (Å²) >= 11 is 0. The SMILES string of the molecule is CCC(=O)c1ccc(C2CCC(N(Cc3ccccc3)C(=O)OC(C)(C)C)CC2)cc1. The molecule has 166 valence electrons. The third kappa shape index (κ3) is 6.43. The van der Waals surface area contributed by atoms with Crippen LogP contribution in [-0.2, 0) is 11.3 Å². The molecule has 0 heterocycles. The summed E-state index contributed by atoms with van der Waals surface area (Å²) in [4.78, 5) is 26.8. The van der Waals surface area contributed by atoms with E-state index in [1.165, 1.54) is 5.56 Å². The number of ether oxygens (including phenoxy) is 1. The van der Waals surface area contributed by atoms with E-state index in [0.29, 0.717) is 18.9 Å². The number of amides is 1. The molecule has 1 aliphatic carbocycles. The van der Waals surface area contributed by atoms with Crippen LogP contribution < -0.4 is 0 Å². The van der Waals surface area contributed by atoms with E-state index >= 15 is 0 Å². The number of ketones is 1. The minimum Gasteiger partial charge on any atom is -0.444 e. The van der Waals surface area contributed by atoms with Crippen molar-refractivity contribution < 1.29 is 14.3 Å². The largest absolute Gasteiger partial charge is 0.444 e. The van der Waals surface area contributed by atoms with Crippen LogP contribution in [0.5, 0.6) is 0 Å². The Labute approximate surface area is 186 Å². The van der Waals surface area contributed by atoms with Crippen LogP contribution in [0.3, 0.4) is 0 Å². The van der Waals surface area contributed by atoms with Crippen molar-refractivity contribution in [3.8, 4) is 0 Å². The third-order valence-corrected chi connectivity index (χ3v) is 5.99. The maximum atomic E-state index is 13.0. The molecule has 1 amide bonds. The fourth-order valence-corrected chi connectivity index (χ4v) is 4.31. The van der Waals surface area contributed by atoms with Gasteiger partial charge in [-0.25, -0.2) is 4.79 Å². The van der Waals surface area contributed by atoms with Gasteiger partial charge in [-0.05, 0) is 63.5 Å². The average molecular weight is 422 g/mol. The zero-order chi connectivity index (χ0) is 22.4. The molecule has 0 aliphatic heterocycles. The van der Waals surface area contributed by atoms with Gasteiger partial charge in [0.25, 0.3) is 0 Å². The quantitative estimate of drug-likeness (QED) is 0.485. The van der Waals surface area contributed by atoms with Gasteiger partial charge in [-0.2, -0.15) is 0 Å². The molecular formula is C27H35NO3. The highest BCUT2D eigenvalue weighted by Crippen LogP contribution is 2.36. The van der Waals surface area contributed by atoms with Gasteiger partial charge in [-0.3, -0.25) is 4.79 Å². The molecule has 2 aromatic carbocycles. The lowest BCUT2D eigenvalue weighted by Gasteiger charge is -2.38. The monoisotopic (exact) mass is 421 g/mol. The van der Waals surface area contributed by atoms with Crippen molar-refractivity contribution in [2.24, 2.45) is 0 Å². The highest BCUT2D eigenvalue weighted by Gasteiger charge is 2.32. The average Bonchev–Trinajstić information content (AvgIpc) is 2.77. The summed E-state index contributed by atoms with van der Waals surface area (Å²) in [5.41, 5.74) is 2.68. The van der Waals surface area contributed by atoms with Gasteiger partial charge in [0.2, 0.25) is 0 Å². The molecule has 0 aromatic heterocycles. The molecule has 0 bridgehead atoms. The molecule has 1 aliphatic rings. The predicted octanol–water partition coefficient (Wildman–Crippen LogP) is 6.74. The maximum Gasteiger partial charge on any atom is 0.410 e. The maximum absolute atomic E-state index is 13.0. The lowest BCUT2D eigenvalue weighted by molar-refractivity contribution is 0.00921. The molecule has 4 nitrogen and oxygen atoms in total. The van der Waals surface area contributed by atoms with E-state index in [1.54, 1.807) is 0 Å². The predicted molar refractivity (Wildman–Crippen MR) is 124 cm³/mol. The molecule has 0 spiro atoms. The molecule has 0 atom stereocenters. The van der Waals surface area contributed by atoms with E-state index in [0.717, 1.165) is 36.8 Å². The van der Waals surface area contributed by atoms with Gasteiger partial charge in [0.1, 0.15) is 5.60 Å². The Morgan fingerprint density at radius 1 is 0.935 bits per heavy atom. The van der Waals surface area contributed by atoms with Gasteiger partial charge in [0.05, 0.1) is 0 Å². The van der Waals surface area contributed by atoms with Gasteiger partial charge in [-0.15, -0.1) is 0 Å². The second-order valence-electron chi connectivity index (χ2n) is 9.50. The smallest absolute Gasteiger partial charge is 0.410 e. The van der Waals surface area contributed by atoms with Crippen molar-refractivity contribution in [1.29, 1.82) is 0 Å². The van der Waals surface area contributed by atoms with E-state index in [4.69, 9.17) is 4.74 Å². The first-order valence-corrected chi connectivity index (χ1v) is 11.4. The van der Waals surface area contributed by atoms with Gasteiger partial charge in [-0.1, -0.05) is 61.5 Å². The Kier molecular flexibility index (Phi) is 7.53. The first-order valence-electron chi connectivity index (χ1n) is 11.4. The molecule has 3 rings (SSSR count). The topological polar surface area (TPSA) is 46.6 Å². The number of benzene rings is 2. The van der Waals surface area contributed by atoms with Crippen molar-refractivity contribution in [3.05, 3.63) is 71.3 Å². The molecule has 0 saturated heterocycles. The van der Waals surface area contributed by atoms with Crippen molar-refractivity contribution in [1.82, 2.24) is 4.90 Å². The van der Waals surface area contributed by atoms with Crippen molar-refractivity contribution >= 4 is 11.9 Å². The molecule has 1 fully saturated rings. The zero-order valence-electron chi connectivity index (χ0n) is 19.3. The van der Waals surface area contributed by atoms with Crippen LogP contribution in [0.15, 0.2) is 54.6 Å². The number of carbonyl (C=O) groups is 2. The summed E-state index contributed by atoms with van der Waals surface area (Å²) in [6.07, 6.45) is 4.26. The van der Waals surface area contributed by atoms with Crippen molar-refractivity contribution in [2.45, 2.75) is 83.9 Å². The summed E-state index contributed by atoms with van der Waals surface area (Å²) in [5.74, 6) is 0.656. The van der Waals surface area contributed by atoms with E-state index in [9.17, 15) is 9.59 Å². The number of Topliss-reactive ketones (excluding diaryl/α,β-unsaturated/α-hetero) is 1. The third-order valence-electron chi connectivity index (χ3n) is 5.99. The Morgan fingerprint density at radius 3 is 2.10 bits per heavy atom. The number of hydrogen-bond donors (Lipinski definition) is 0. The van der Waals surface area contributed by atoms with E-state index in [-0.39, 0.29) is 17.9 Å². The normalized spacial score (nSPS) is 19.0. The summed E-state index contributed by atoms with van der Waals surface area (Å²) in [6, 6.07) is 18.4. The van der Waals surface area contributed by atoms with Gasteiger partial charge in [0, 0.05) is 24.6 Å². The summed E-state index contributed by atoms with van der Waals surface area (Å²) < 4.78 is 5.74. The molecule has 0 N–H and O–H groups in total. The van der Waals surface area contributed by atoms with E-state index < -0.39 is 5.60 Å². The minimum atomic E-state index is -0.513. The molecule has 4 heteroatoms. The lowest BCUT2D eigenvalue weighted by atomic mass is 9.81. The molecule has 2 aromatic rings. The zero-order valence-corrected chi connectivity index (χ0v) is 19.3. The second-order valence-corrected chi connectivity index (χ2v) is 9.50. The second kappa shape index (κ2) is 10.1. The number of hydrogen-bond acceptors (Lipinski definition) is 3. The highest BCUT2D eigenvalue weighted by atomic mass is 16.6. The standard InChI is InChI=1S/C27H35NO3/c1-5-25(29)23-13-11-21(12-14-23)22-15-17-24(18-16-22)28(26(30)31-27(2,3)4)19-20-9-7-6-8-10-20/h6-14,22,24H,5,15-19H2,1-4H3. The van der Waals surface area contributed by atoms with Crippen molar-refractivity contribution in [3.63, 3.8) is 0 Å². The molecule has 1 saturated carbocycles. The summed E-state index contributed by atoms with van der Waals surface area (Å²) in [7, 11) is 0. The number of carbonyl (C=O) groups excluding carboxylic acids is 2. The van der Waals surface area contributed by atoms with E-state index in [1.807, 2.05) is 62.9 Å². The summed E-state index contributed by atoms with van der Waals surface area (Å²) in [6.45, 7) is 8.20.